The van der Waals surface area contributed by atoms with Crippen molar-refractivity contribution in [2.45, 2.75) is 98.8 Å². The predicted octanol–water partition coefficient (Wildman–Crippen LogP) is 19.2. The van der Waals surface area contributed by atoms with Crippen molar-refractivity contribution in [1.82, 2.24) is 14.5 Å². The van der Waals surface area contributed by atoms with Gasteiger partial charge in [-0.25, -0.2) is 4.98 Å². The molecule has 5 heteroatoms. The van der Waals surface area contributed by atoms with Crippen LogP contribution in [0.5, 0.6) is 5.75 Å². The number of benzene rings is 8. The number of nitrogens with zero attached hydrogens (tertiary/aromatic N) is 3. The molecule has 0 aliphatic heterocycles. The minimum atomic E-state index is -2.49. The summed E-state index contributed by atoms with van der Waals surface area (Å²) in [7, 11) is 0. The van der Waals surface area contributed by atoms with Gasteiger partial charge in [0, 0.05) is 21.6 Å². The average Bonchev–Trinajstić information content (AvgIpc) is 3.95. The third kappa shape index (κ3) is 10.9. The zero-order valence-corrected chi connectivity index (χ0v) is 47.4. The van der Waals surface area contributed by atoms with E-state index in [2.05, 4.69) is 201 Å². The zero-order valence-electron chi connectivity index (χ0n) is 48.1. The molecule has 0 atom stereocenters. The van der Waals surface area contributed by atoms with Crippen molar-refractivity contribution >= 4 is 11.0 Å². The second-order valence-corrected chi connectivity index (χ2v) is 22.2. The topological polar surface area (TPSA) is 50.9 Å². The molecule has 0 saturated carbocycles. The Hall–Kier alpha value is -7.13. The van der Waals surface area contributed by atoms with Crippen LogP contribution in [0.25, 0.3) is 95.0 Å². The van der Waals surface area contributed by atoms with Gasteiger partial charge in [-0.05, 0) is 121 Å². The van der Waals surface area contributed by atoms with Gasteiger partial charge in [0.15, 0.2) is 0 Å². The van der Waals surface area contributed by atoms with Gasteiger partial charge in [0.1, 0.15) is 11.6 Å². The van der Waals surface area contributed by atoms with Crippen LogP contribution >= 0.6 is 0 Å². The Morgan fingerprint density at radius 3 is 1.73 bits per heavy atom. The van der Waals surface area contributed by atoms with Crippen LogP contribution in [-0.4, -0.2) is 19.6 Å². The number of phenols is 1. The van der Waals surface area contributed by atoms with Crippen LogP contribution in [0.1, 0.15) is 113 Å². The Morgan fingerprint density at radius 2 is 1.12 bits per heavy atom. The molecule has 0 bridgehead atoms. The van der Waals surface area contributed by atoms with E-state index in [-0.39, 0.29) is 62.5 Å². The molecule has 0 amide bonds. The quantitative estimate of drug-likeness (QED) is 0.139. The van der Waals surface area contributed by atoms with Crippen molar-refractivity contribution in [3.63, 3.8) is 0 Å². The Balaban J connectivity index is 0.00000401. The van der Waals surface area contributed by atoms with Crippen molar-refractivity contribution in [3.05, 3.63) is 223 Å². The largest absolute Gasteiger partial charge is 2.00 e. The number of para-hydroxylation sites is 1. The molecule has 0 aliphatic carbocycles. The molecule has 0 radical (unpaired) electrons. The number of imidazole rings is 1. The number of pyridine rings is 1. The molecule has 1 N–H and O–H groups in total. The number of aryl methyl sites for hydroxylation is 1. The molecule has 4 nitrogen and oxygen atoms in total. The minimum absolute atomic E-state index is 0. The van der Waals surface area contributed by atoms with E-state index in [1.807, 2.05) is 60.8 Å². The summed E-state index contributed by atoms with van der Waals surface area (Å²) in [6.07, 6.45) is 1.87. The fraction of sp³-hybridized carbons (Fsp3) is 0.214. The molecular weight excluding hydrogens is 1090 g/mol. The second-order valence-electron chi connectivity index (χ2n) is 22.2. The smallest absolute Gasteiger partial charge is 0.507 e. The summed E-state index contributed by atoms with van der Waals surface area (Å²) in [4.78, 5) is 10.6. The fourth-order valence-corrected chi connectivity index (χ4v) is 9.91. The van der Waals surface area contributed by atoms with Crippen LogP contribution in [-0.2, 0) is 31.9 Å². The van der Waals surface area contributed by atoms with Crippen molar-refractivity contribution in [1.29, 1.82) is 0 Å². The molecule has 380 valence electrons. The number of aromatic hydroxyl groups is 1. The van der Waals surface area contributed by atoms with E-state index in [0.717, 1.165) is 78.0 Å². The van der Waals surface area contributed by atoms with Gasteiger partial charge in [-0.15, -0.1) is 29.3 Å². The normalized spacial score (nSPS) is 12.5. The van der Waals surface area contributed by atoms with Crippen molar-refractivity contribution < 1.29 is 30.3 Å². The van der Waals surface area contributed by atoms with Crippen LogP contribution in [0.4, 0.5) is 0 Å². The first-order chi connectivity index (χ1) is 36.1. The van der Waals surface area contributed by atoms with Crippen molar-refractivity contribution in [3.8, 4) is 89.7 Å². The maximum absolute atomic E-state index is 12.6. The minimum Gasteiger partial charge on any atom is -0.507 e. The third-order valence-corrected chi connectivity index (χ3v) is 14.3. The molecule has 0 aliphatic rings. The summed E-state index contributed by atoms with van der Waals surface area (Å²) >= 11 is 0. The summed E-state index contributed by atoms with van der Waals surface area (Å²) in [6, 6.07) is 64.1. The van der Waals surface area contributed by atoms with Crippen LogP contribution in [0.2, 0.25) is 0 Å². The van der Waals surface area contributed by atoms with Crippen LogP contribution < -0.4 is 0 Å². The molecule has 8 aromatic carbocycles. The monoisotopic (exact) mass is 1170 g/mol. The van der Waals surface area contributed by atoms with Gasteiger partial charge in [-0.2, -0.15) is 0 Å². The Morgan fingerprint density at radius 1 is 0.533 bits per heavy atom. The van der Waals surface area contributed by atoms with E-state index in [0.29, 0.717) is 28.2 Å². The third-order valence-electron chi connectivity index (χ3n) is 14.3. The first kappa shape index (κ1) is 50.0. The molecule has 0 saturated heterocycles. The Labute approximate surface area is 465 Å². The molecule has 0 unspecified atom stereocenters. The average molecular weight is 1170 g/mol. The van der Waals surface area contributed by atoms with Gasteiger partial charge >= 0.3 is 21.1 Å². The first-order valence-electron chi connectivity index (χ1n) is 27.1. The van der Waals surface area contributed by atoms with E-state index in [1.165, 1.54) is 11.1 Å². The van der Waals surface area contributed by atoms with E-state index < -0.39 is 6.85 Å². The first-order valence-corrected chi connectivity index (χ1v) is 25.6. The predicted molar refractivity (Wildman–Crippen MR) is 314 cm³/mol. The number of hydrogen-bond donors (Lipinski definition) is 1. The van der Waals surface area contributed by atoms with Crippen molar-refractivity contribution in [2.24, 2.45) is 0 Å². The van der Waals surface area contributed by atoms with Crippen molar-refractivity contribution in [2.75, 3.05) is 0 Å². The molecule has 10 rings (SSSR count). The molecule has 75 heavy (non-hydrogen) atoms. The summed E-state index contributed by atoms with van der Waals surface area (Å²) in [5.41, 5.74) is 17.7. The van der Waals surface area contributed by atoms with E-state index in [1.54, 1.807) is 0 Å². The standard InChI is InChI=1S/C69H66N3O.CH3.Pt/c1-43(2)52-39-58(44(3)4)66(73)61(40-52)67-71-65-57(53-36-54(38-56(37-53)69(9,10)11)62-41-51(33-34-70-62)48-27-25-47(26-28-48)46-19-14-12-15-20-46)23-18-24-63(65)72(67)64-35-45(5)59(49-21-16-13-17-22-49)42-60(64)50-29-31-55(32-30-50)68(6,7)8;;/h12-35,37-44,73H,1-11H3;1H3;/q2*-1;+2/i5D3;;. The molecular formula is C70H69N3OPt. The molecule has 0 spiro atoms. The maximum atomic E-state index is 12.6. The van der Waals surface area contributed by atoms with Gasteiger partial charge < -0.3 is 12.5 Å². The van der Waals surface area contributed by atoms with E-state index in [4.69, 9.17) is 14.1 Å². The van der Waals surface area contributed by atoms with Gasteiger partial charge in [0.05, 0.1) is 22.3 Å². The molecule has 0 fully saturated rings. The summed E-state index contributed by atoms with van der Waals surface area (Å²) in [6.45, 7) is 19.3. The number of fused-ring (bicyclic) bond motifs is 1. The SMILES string of the molecule is [2H]C([2H])([2H])c1cc(-n2c(-c3cc(C(C)C)cc(C(C)C)c3O)nc3c(-c4[c-]c(-c5cc(-c6ccc(-c7ccccc7)cc6)ccn5)cc(C(C)(C)C)c4)cccc32)c(-c2ccc(C(C)(C)C)cc2)cc1-c1ccccc1.[CH3-].[Pt+2]. The van der Waals surface area contributed by atoms with Gasteiger partial charge in [0.25, 0.3) is 0 Å². The van der Waals surface area contributed by atoms with Crippen LogP contribution in [0.3, 0.4) is 0 Å². The molecule has 2 aromatic heterocycles. The van der Waals surface area contributed by atoms with Gasteiger partial charge in [-0.1, -0.05) is 214 Å². The van der Waals surface area contributed by atoms with Crippen LogP contribution in [0.15, 0.2) is 182 Å². The number of aromatic nitrogens is 3. The Bertz CT molecular complexity index is 3750. The second kappa shape index (κ2) is 21.6. The summed E-state index contributed by atoms with van der Waals surface area (Å²) in [5.74, 6) is 0.794. The maximum Gasteiger partial charge on any atom is 2.00 e. The number of phenolic OH excluding ortho intramolecular Hbond substituents is 1. The Kier molecular flexibility index (Phi) is 14.4. The van der Waals surface area contributed by atoms with Gasteiger partial charge in [0.2, 0.25) is 0 Å². The number of hydrogen-bond acceptors (Lipinski definition) is 3. The fourth-order valence-electron chi connectivity index (χ4n) is 9.91. The zero-order chi connectivity index (χ0) is 53.8. The molecule has 10 aromatic rings. The van der Waals surface area contributed by atoms with Crippen LogP contribution in [0, 0.1) is 20.3 Å². The van der Waals surface area contributed by atoms with E-state index in [9.17, 15) is 5.11 Å². The van der Waals surface area contributed by atoms with E-state index >= 15 is 0 Å². The number of rotatable bonds is 10. The molecule has 2 heterocycles. The summed E-state index contributed by atoms with van der Waals surface area (Å²) in [5, 5.41) is 12.6. The van der Waals surface area contributed by atoms with Gasteiger partial charge in [-0.3, -0.25) is 9.55 Å². The summed E-state index contributed by atoms with van der Waals surface area (Å²) < 4.78 is 29.4.